The lowest BCUT2D eigenvalue weighted by Crippen LogP contribution is -2.26. The summed E-state index contributed by atoms with van der Waals surface area (Å²) in [6, 6.07) is 8.28. The maximum absolute atomic E-state index is 12.1. The standard InChI is InChI=1S/C14H7ClN4O3/c15-8-4-2-1-3-6(8)9-7(5-16)12(20)17-11-10(9)13(21)19-14(22)18-11/h1-4H,(H3,17,18,19,20,21,22). The van der Waals surface area contributed by atoms with Crippen LogP contribution in [-0.4, -0.2) is 15.0 Å². The first-order valence-electron chi connectivity index (χ1n) is 6.10. The van der Waals surface area contributed by atoms with E-state index in [0.717, 1.165) is 0 Å². The largest absolute Gasteiger partial charge is 0.327 e. The molecule has 3 rings (SSSR count). The summed E-state index contributed by atoms with van der Waals surface area (Å²) in [6.45, 7) is 0. The van der Waals surface area contributed by atoms with Gasteiger partial charge in [-0.15, -0.1) is 0 Å². The molecule has 0 saturated carbocycles. The highest BCUT2D eigenvalue weighted by atomic mass is 35.5. The molecule has 0 fully saturated rings. The van der Waals surface area contributed by atoms with E-state index < -0.39 is 16.8 Å². The topological polar surface area (TPSA) is 122 Å². The number of halogens is 1. The van der Waals surface area contributed by atoms with Crippen LogP contribution in [0.3, 0.4) is 0 Å². The molecular formula is C14H7ClN4O3. The number of pyridine rings is 1. The fourth-order valence-electron chi connectivity index (χ4n) is 2.27. The van der Waals surface area contributed by atoms with Crippen molar-refractivity contribution in [3.8, 4) is 17.2 Å². The van der Waals surface area contributed by atoms with Crippen LogP contribution in [0.2, 0.25) is 5.02 Å². The van der Waals surface area contributed by atoms with Gasteiger partial charge in [-0.25, -0.2) is 4.79 Å². The van der Waals surface area contributed by atoms with Crippen LogP contribution in [0.1, 0.15) is 5.56 Å². The monoisotopic (exact) mass is 314 g/mol. The Morgan fingerprint density at radius 1 is 1.00 bits per heavy atom. The van der Waals surface area contributed by atoms with Crippen molar-refractivity contribution in [2.75, 3.05) is 0 Å². The van der Waals surface area contributed by atoms with Crippen LogP contribution >= 0.6 is 11.6 Å². The third kappa shape index (κ3) is 2.03. The first kappa shape index (κ1) is 13.9. The summed E-state index contributed by atoms with van der Waals surface area (Å²) in [6.07, 6.45) is 0. The average molecular weight is 315 g/mol. The predicted octanol–water partition coefficient (Wildman–Crippen LogP) is 1.10. The number of H-pyrrole nitrogens is 3. The predicted molar refractivity (Wildman–Crippen MR) is 81.0 cm³/mol. The van der Waals surface area contributed by atoms with Crippen molar-refractivity contribution < 1.29 is 0 Å². The zero-order chi connectivity index (χ0) is 15.9. The number of nitriles is 1. The van der Waals surface area contributed by atoms with Crippen LogP contribution in [-0.2, 0) is 0 Å². The molecule has 0 atom stereocenters. The number of hydrogen-bond acceptors (Lipinski definition) is 4. The van der Waals surface area contributed by atoms with Gasteiger partial charge in [0.25, 0.3) is 11.1 Å². The van der Waals surface area contributed by atoms with Crippen LogP contribution in [0, 0.1) is 11.3 Å². The number of benzene rings is 1. The third-order valence-electron chi connectivity index (χ3n) is 3.16. The van der Waals surface area contributed by atoms with Crippen LogP contribution in [0.4, 0.5) is 0 Å². The van der Waals surface area contributed by atoms with Gasteiger partial charge in [0.1, 0.15) is 17.3 Å². The molecule has 0 unspecified atom stereocenters. The Kier molecular flexibility index (Phi) is 3.16. The Morgan fingerprint density at radius 2 is 1.73 bits per heavy atom. The van der Waals surface area contributed by atoms with E-state index in [-0.39, 0.29) is 27.2 Å². The lowest BCUT2D eigenvalue weighted by atomic mass is 9.98. The molecule has 2 aromatic heterocycles. The molecule has 3 aromatic rings. The van der Waals surface area contributed by atoms with E-state index in [2.05, 4.69) is 15.0 Å². The quantitative estimate of drug-likeness (QED) is 0.622. The SMILES string of the molecule is N#Cc1c(-c2ccccc2Cl)c2c(=O)[nH]c(=O)[nH]c2[nH]c1=O. The van der Waals surface area contributed by atoms with E-state index in [4.69, 9.17) is 11.6 Å². The molecule has 0 spiro atoms. The summed E-state index contributed by atoms with van der Waals surface area (Å²) in [5.41, 5.74) is -2.07. The van der Waals surface area contributed by atoms with Crippen molar-refractivity contribution in [3.05, 3.63) is 66.0 Å². The van der Waals surface area contributed by atoms with Gasteiger partial charge in [0.15, 0.2) is 0 Å². The molecule has 8 heteroatoms. The summed E-state index contributed by atoms with van der Waals surface area (Å²) >= 11 is 6.12. The molecule has 0 radical (unpaired) electrons. The van der Waals surface area contributed by atoms with E-state index in [1.807, 2.05) is 0 Å². The van der Waals surface area contributed by atoms with Crippen molar-refractivity contribution in [2.45, 2.75) is 0 Å². The van der Waals surface area contributed by atoms with Gasteiger partial charge in [-0.3, -0.25) is 19.6 Å². The number of nitrogens with zero attached hydrogens (tertiary/aromatic N) is 1. The first-order chi connectivity index (χ1) is 10.5. The second kappa shape index (κ2) is 5.02. The van der Waals surface area contributed by atoms with E-state index in [9.17, 15) is 19.6 Å². The molecule has 108 valence electrons. The summed E-state index contributed by atoms with van der Waals surface area (Å²) in [5.74, 6) is 0. The van der Waals surface area contributed by atoms with Crippen molar-refractivity contribution >= 4 is 22.6 Å². The minimum absolute atomic E-state index is 0.0103. The first-order valence-corrected chi connectivity index (χ1v) is 6.48. The van der Waals surface area contributed by atoms with Crippen molar-refractivity contribution in [1.29, 1.82) is 5.26 Å². The highest BCUT2D eigenvalue weighted by Gasteiger charge is 2.19. The summed E-state index contributed by atoms with van der Waals surface area (Å²) in [7, 11) is 0. The fraction of sp³-hybridized carbons (Fsp3) is 0. The van der Waals surface area contributed by atoms with Crippen LogP contribution in [0.25, 0.3) is 22.2 Å². The molecule has 0 saturated heterocycles. The van der Waals surface area contributed by atoms with Crippen molar-refractivity contribution in [1.82, 2.24) is 15.0 Å². The molecule has 0 aliphatic rings. The number of aromatic amines is 3. The normalized spacial score (nSPS) is 10.5. The van der Waals surface area contributed by atoms with Gasteiger partial charge in [-0.1, -0.05) is 29.8 Å². The van der Waals surface area contributed by atoms with Gasteiger partial charge in [0.05, 0.1) is 5.39 Å². The molecule has 0 amide bonds. The zero-order valence-corrected chi connectivity index (χ0v) is 11.6. The van der Waals surface area contributed by atoms with Crippen molar-refractivity contribution in [2.24, 2.45) is 0 Å². The number of rotatable bonds is 1. The van der Waals surface area contributed by atoms with Crippen LogP contribution < -0.4 is 16.8 Å². The molecule has 0 bridgehead atoms. The second-order valence-corrected chi connectivity index (χ2v) is 4.86. The lowest BCUT2D eigenvalue weighted by molar-refractivity contribution is 1.05. The van der Waals surface area contributed by atoms with E-state index in [1.165, 1.54) is 0 Å². The Balaban J connectivity index is 2.66. The molecule has 1 aromatic carbocycles. The Bertz CT molecular complexity index is 1120. The molecule has 3 N–H and O–H groups in total. The van der Waals surface area contributed by atoms with Crippen molar-refractivity contribution in [3.63, 3.8) is 0 Å². The highest BCUT2D eigenvalue weighted by Crippen LogP contribution is 2.31. The minimum Gasteiger partial charge on any atom is -0.307 e. The number of aromatic nitrogens is 3. The van der Waals surface area contributed by atoms with Crippen LogP contribution in [0.5, 0.6) is 0 Å². The maximum Gasteiger partial charge on any atom is 0.327 e. The third-order valence-corrected chi connectivity index (χ3v) is 3.49. The Hall–Kier alpha value is -3.11. The smallest absolute Gasteiger partial charge is 0.307 e. The average Bonchev–Trinajstić information content (AvgIpc) is 2.46. The number of nitrogens with one attached hydrogen (secondary N) is 3. The van der Waals surface area contributed by atoms with Gasteiger partial charge in [-0.05, 0) is 6.07 Å². The van der Waals surface area contributed by atoms with Gasteiger partial charge < -0.3 is 4.98 Å². The molecule has 0 aliphatic heterocycles. The van der Waals surface area contributed by atoms with E-state index in [0.29, 0.717) is 5.56 Å². The van der Waals surface area contributed by atoms with Gasteiger partial charge in [-0.2, -0.15) is 5.26 Å². The van der Waals surface area contributed by atoms with E-state index >= 15 is 0 Å². The van der Waals surface area contributed by atoms with Gasteiger partial charge in [0.2, 0.25) is 0 Å². The number of hydrogen-bond donors (Lipinski definition) is 3. The zero-order valence-electron chi connectivity index (χ0n) is 10.9. The van der Waals surface area contributed by atoms with Gasteiger partial charge >= 0.3 is 5.69 Å². The summed E-state index contributed by atoms with van der Waals surface area (Å²) < 4.78 is 0. The second-order valence-electron chi connectivity index (χ2n) is 4.45. The summed E-state index contributed by atoms with van der Waals surface area (Å²) in [5, 5.41) is 9.52. The maximum atomic E-state index is 12.1. The fourth-order valence-corrected chi connectivity index (χ4v) is 2.50. The Labute approximate surface area is 126 Å². The lowest BCUT2D eigenvalue weighted by Gasteiger charge is -2.09. The molecule has 2 heterocycles. The molecule has 0 aliphatic carbocycles. The molecular weight excluding hydrogens is 308 g/mol. The Morgan fingerprint density at radius 3 is 2.41 bits per heavy atom. The summed E-state index contributed by atoms with van der Waals surface area (Å²) in [4.78, 5) is 42.3. The highest BCUT2D eigenvalue weighted by molar-refractivity contribution is 6.33. The van der Waals surface area contributed by atoms with Gasteiger partial charge in [0, 0.05) is 16.1 Å². The molecule has 22 heavy (non-hydrogen) atoms. The van der Waals surface area contributed by atoms with E-state index in [1.54, 1.807) is 30.3 Å². The molecule has 7 nitrogen and oxygen atoms in total. The number of fused-ring (bicyclic) bond motifs is 1. The van der Waals surface area contributed by atoms with Crippen LogP contribution in [0.15, 0.2) is 38.6 Å². The minimum atomic E-state index is -0.761.